The number of amides is 1. The molecule has 0 aromatic carbocycles. The van der Waals surface area contributed by atoms with Crippen molar-refractivity contribution in [2.75, 3.05) is 11.4 Å². The summed E-state index contributed by atoms with van der Waals surface area (Å²) in [5, 5.41) is 0. The molecule has 15 heavy (non-hydrogen) atoms. The molecule has 2 heterocycles. The Morgan fingerprint density at radius 1 is 1.40 bits per heavy atom. The maximum Gasteiger partial charge on any atom is 0.240 e. The summed E-state index contributed by atoms with van der Waals surface area (Å²) >= 11 is 0. The number of aromatic nitrogens is 2. The second-order valence-electron chi connectivity index (χ2n) is 3.66. The number of nitrogens with two attached hydrogens (primary N) is 1. The lowest BCUT2D eigenvalue weighted by Crippen LogP contribution is -2.48. The van der Waals surface area contributed by atoms with E-state index in [2.05, 4.69) is 9.97 Å². The van der Waals surface area contributed by atoms with Gasteiger partial charge < -0.3 is 10.6 Å². The molecule has 1 atom stereocenters. The van der Waals surface area contributed by atoms with Gasteiger partial charge in [-0.1, -0.05) is 0 Å². The van der Waals surface area contributed by atoms with Gasteiger partial charge in [0.15, 0.2) is 0 Å². The summed E-state index contributed by atoms with van der Waals surface area (Å²) < 4.78 is 0. The van der Waals surface area contributed by atoms with Gasteiger partial charge in [0.25, 0.3) is 0 Å². The fraction of sp³-hybridized carbons (Fsp3) is 0.500. The summed E-state index contributed by atoms with van der Waals surface area (Å²) in [6.07, 6.45) is 6.25. The van der Waals surface area contributed by atoms with E-state index in [1.807, 2.05) is 4.90 Å². The average molecular weight is 206 g/mol. The highest BCUT2D eigenvalue weighted by Crippen LogP contribution is 2.20. The molecule has 1 unspecified atom stereocenters. The molecule has 5 heteroatoms. The van der Waals surface area contributed by atoms with Crippen LogP contribution in [0.15, 0.2) is 18.5 Å². The van der Waals surface area contributed by atoms with Crippen molar-refractivity contribution in [1.82, 2.24) is 9.97 Å². The topological polar surface area (TPSA) is 72.1 Å². The van der Waals surface area contributed by atoms with Gasteiger partial charge in [0.2, 0.25) is 11.9 Å². The molecule has 1 aromatic rings. The lowest BCUT2D eigenvalue weighted by Gasteiger charge is -2.33. The van der Waals surface area contributed by atoms with Crippen molar-refractivity contribution in [2.45, 2.75) is 25.3 Å². The molecule has 1 fully saturated rings. The van der Waals surface area contributed by atoms with Crippen LogP contribution < -0.4 is 10.6 Å². The molecular formula is C10H14N4O. The van der Waals surface area contributed by atoms with Crippen molar-refractivity contribution in [1.29, 1.82) is 0 Å². The summed E-state index contributed by atoms with van der Waals surface area (Å²) in [5.41, 5.74) is 5.36. The van der Waals surface area contributed by atoms with Crippen molar-refractivity contribution >= 4 is 11.9 Å². The zero-order valence-electron chi connectivity index (χ0n) is 8.47. The molecule has 2 rings (SSSR count). The molecule has 1 aromatic heterocycles. The molecule has 0 spiro atoms. The Balaban J connectivity index is 2.22. The van der Waals surface area contributed by atoms with Crippen LogP contribution in [0, 0.1) is 0 Å². The number of rotatable bonds is 2. The monoisotopic (exact) mass is 206 g/mol. The van der Waals surface area contributed by atoms with Crippen LogP contribution in [-0.4, -0.2) is 28.5 Å². The molecule has 0 radical (unpaired) electrons. The molecule has 0 bridgehead atoms. The maximum absolute atomic E-state index is 11.3. The van der Waals surface area contributed by atoms with E-state index in [0.717, 1.165) is 25.8 Å². The van der Waals surface area contributed by atoms with Crippen LogP contribution in [0.1, 0.15) is 19.3 Å². The minimum atomic E-state index is -0.290. The third kappa shape index (κ3) is 2.06. The van der Waals surface area contributed by atoms with Gasteiger partial charge >= 0.3 is 0 Å². The van der Waals surface area contributed by atoms with Crippen LogP contribution in [0.2, 0.25) is 0 Å². The highest BCUT2D eigenvalue weighted by atomic mass is 16.1. The van der Waals surface area contributed by atoms with Gasteiger partial charge in [0, 0.05) is 18.9 Å². The van der Waals surface area contributed by atoms with Gasteiger partial charge in [-0.15, -0.1) is 0 Å². The molecule has 5 nitrogen and oxygen atoms in total. The molecule has 1 amide bonds. The van der Waals surface area contributed by atoms with Crippen LogP contribution in [0.3, 0.4) is 0 Å². The standard InChI is InChI=1S/C10H14N4O/c11-9(15)8-4-1-2-7-14(8)10-12-5-3-6-13-10/h3,5-6,8H,1-2,4,7H2,(H2,11,15). The summed E-state index contributed by atoms with van der Waals surface area (Å²) in [4.78, 5) is 21.4. The van der Waals surface area contributed by atoms with Crippen LogP contribution >= 0.6 is 0 Å². The zero-order valence-corrected chi connectivity index (χ0v) is 8.47. The molecular weight excluding hydrogens is 192 g/mol. The number of anilines is 1. The highest BCUT2D eigenvalue weighted by Gasteiger charge is 2.28. The molecule has 1 aliphatic heterocycles. The Morgan fingerprint density at radius 3 is 2.80 bits per heavy atom. The Morgan fingerprint density at radius 2 is 2.13 bits per heavy atom. The number of hydrogen-bond acceptors (Lipinski definition) is 4. The van der Waals surface area contributed by atoms with Gasteiger partial charge in [0.1, 0.15) is 6.04 Å². The number of carbonyl (C=O) groups is 1. The first-order valence-corrected chi connectivity index (χ1v) is 5.12. The third-order valence-corrected chi connectivity index (χ3v) is 2.64. The predicted octanol–water partition coefficient (Wildman–Crippen LogP) is 0.321. The van der Waals surface area contributed by atoms with E-state index >= 15 is 0 Å². The van der Waals surface area contributed by atoms with Crippen molar-refractivity contribution in [2.24, 2.45) is 5.73 Å². The number of carbonyl (C=O) groups excluding carboxylic acids is 1. The minimum Gasteiger partial charge on any atom is -0.368 e. The van der Waals surface area contributed by atoms with Gasteiger partial charge in [-0.3, -0.25) is 4.79 Å². The van der Waals surface area contributed by atoms with E-state index < -0.39 is 0 Å². The Kier molecular flexibility index (Phi) is 2.80. The highest BCUT2D eigenvalue weighted by molar-refractivity contribution is 5.83. The fourth-order valence-electron chi connectivity index (χ4n) is 1.91. The van der Waals surface area contributed by atoms with Gasteiger partial charge in [-0.25, -0.2) is 9.97 Å². The van der Waals surface area contributed by atoms with Crippen molar-refractivity contribution in [3.8, 4) is 0 Å². The van der Waals surface area contributed by atoms with E-state index in [1.165, 1.54) is 0 Å². The number of piperidine rings is 1. The van der Waals surface area contributed by atoms with Crippen LogP contribution in [0.5, 0.6) is 0 Å². The average Bonchev–Trinajstić information content (AvgIpc) is 2.30. The van der Waals surface area contributed by atoms with Crippen molar-refractivity contribution in [3.05, 3.63) is 18.5 Å². The number of hydrogen-bond donors (Lipinski definition) is 1. The lowest BCUT2D eigenvalue weighted by molar-refractivity contribution is -0.119. The fourth-order valence-corrected chi connectivity index (χ4v) is 1.91. The van der Waals surface area contributed by atoms with Crippen molar-refractivity contribution < 1.29 is 4.79 Å². The first kappa shape index (κ1) is 9.89. The quantitative estimate of drug-likeness (QED) is 0.756. The molecule has 0 saturated carbocycles. The van der Waals surface area contributed by atoms with Crippen LogP contribution in [0.25, 0.3) is 0 Å². The first-order chi connectivity index (χ1) is 7.29. The summed E-state index contributed by atoms with van der Waals surface area (Å²) in [7, 11) is 0. The predicted molar refractivity (Wildman–Crippen MR) is 56.2 cm³/mol. The summed E-state index contributed by atoms with van der Waals surface area (Å²) in [6.45, 7) is 0.803. The second kappa shape index (κ2) is 4.25. The molecule has 2 N–H and O–H groups in total. The van der Waals surface area contributed by atoms with Gasteiger partial charge in [0.05, 0.1) is 0 Å². The smallest absolute Gasteiger partial charge is 0.240 e. The van der Waals surface area contributed by atoms with Gasteiger partial charge in [-0.05, 0) is 25.3 Å². The normalized spacial score (nSPS) is 21.3. The molecule has 80 valence electrons. The Bertz CT molecular complexity index is 341. The van der Waals surface area contributed by atoms with E-state index in [4.69, 9.17) is 5.73 Å². The van der Waals surface area contributed by atoms with Crippen LogP contribution in [-0.2, 0) is 4.79 Å². The number of primary amides is 1. The van der Waals surface area contributed by atoms with E-state index in [9.17, 15) is 4.79 Å². The summed E-state index contributed by atoms with van der Waals surface area (Å²) in [6, 6.07) is 1.51. The van der Waals surface area contributed by atoms with E-state index in [0.29, 0.717) is 5.95 Å². The Labute approximate surface area is 88.3 Å². The summed E-state index contributed by atoms with van der Waals surface area (Å²) in [5.74, 6) is 0.308. The second-order valence-corrected chi connectivity index (χ2v) is 3.66. The van der Waals surface area contributed by atoms with E-state index in [1.54, 1.807) is 18.5 Å². The Hall–Kier alpha value is -1.65. The van der Waals surface area contributed by atoms with Gasteiger partial charge in [-0.2, -0.15) is 0 Å². The SMILES string of the molecule is NC(=O)C1CCCCN1c1ncccn1. The zero-order chi connectivity index (χ0) is 10.7. The molecule has 1 aliphatic rings. The molecule has 1 saturated heterocycles. The lowest BCUT2D eigenvalue weighted by atomic mass is 10.0. The maximum atomic E-state index is 11.3. The largest absolute Gasteiger partial charge is 0.368 e. The third-order valence-electron chi connectivity index (χ3n) is 2.64. The van der Waals surface area contributed by atoms with Crippen LogP contribution in [0.4, 0.5) is 5.95 Å². The van der Waals surface area contributed by atoms with E-state index in [-0.39, 0.29) is 11.9 Å². The molecule has 0 aliphatic carbocycles. The van der Waals surface area contributed by atoms with Crippen molar-refractivity contribution in [3.63, 3.8) is 0 Å². The minimum absolute atomic E-state index is 0.249. The first-order valence-electron chi connectivity index (χ1n) is 5.12. The number of nitrogens with zero attached hydrogens (tertiary/aromatic N) is 3.